The second kappa shape index (κ2) is 2.96. The minimum Gasteiger partial charge on any atom is -0.363 e. The zero-order valence-electron chi connectivity index (χ0n) is 5.52. The van der Waals surface area contributed by atoms with Crippen molar-refractivity contribution in [1.82, 2.24) is 4.98 Å². The third-order valence-electron chi connectivity index (χ3n) is 1.11. The van der Waals surface area contributed by atoms with Crippen molar-refractivity contribution in [3.8, 4) is 0 Å². The Morgan fingerprint density at radius 1 is 1.64 bits per heavy atom. The Labute approximate surface area is 63.2 Å². The molecule has 1 heterocycles. The lowest BCUT2D eigenvalue weighted by Gasteiger charge is -1.94. The van der Waals surface area contributed by atoms with Crippen molar-refractivity contribution in [2.45, 2.75) is 0 Å². The molecule has 0 aliphatic carbocycles. The topological polar surface area (TPSA) is 68.1 Å². The van der Waals surface area contributed by atoms with Gasteiger partial charge in [-0.3, -0.25) is 10.1 Å². The van der Waals surface area contributed by atoms with E-state index in [-0.39, 0.29) is 5.69 Å². The summed E-state index contributed by atoms with van der Waals surface area (Å²) < 4.78 is 0. The fourth-order valence-electron chi connectivity index (χ4n) is 0.579. The van der Waals surface area contributed by atoms with Crippen molar-refractivity contribution in [3.63, 3.8) is 0 Å². The number of hydrogen-bond donors (Lipinski definition) is 1. The van der Waals surface area contributed by atoms with Crippen LogP contribution in [0.4, 0.5) is 11.5 Å². The molecule has 0 atom stereocenters. The number of hydrogen-bond acceptors (Lipinski definition) is 4. The number of pyridine rings is 1. The van der Waals surface area contributed by atoms with Crippen molar-refractivity contribution in [3.05, 3.63) is 35.5 Å². The summed E-state index contributed by atoms with van der Waals surface area (Å²) in [4.78, 5) is 13.2. The van der Waals surface area contributed by atoms with Crippen LogP contribution in [0, 0.1) is 17.2 Å². The summed E-state index contributed by atoms with van der Waals surface area (Å²) in [7, 11) is 4.99. The summed E-state index contributed by atoms with van der Waals surface area (Å²) in [5.41, 5.74) is -0.0519. The zero-order valence-corrected chi connectivity index (χ0v) is 5.52. The Morgan fingerprint density at radius 2 is 2.36 bits per heavy atom. The molecule has 5 nitrogen and oxygen atoms in total. The van der Waals surface area contributed by atoms with E-state index in [9.17, 15) is 10.1 Å². The third-order valence-corrected chi connectivity index (χ3v) is 1.11. The molecule has 0 aliphatic rings. The molecule has 1 aromatic heterocycles. The van der Waals surface area contributed by atoms with Crippen LogP contribution in [0.3, 0.4) is 0 Å². The molecule has 0 aromatic carbocycles. The fourth-order valence-corrected chi connectivity index (χ4v) is 0.579. The van der Waals surface area contributed by atoms with E-state index in [4.69, 9.17) is 7.05 Å². The lowest BCUT2D eigenvalue weighted by Crippen LogP contribution is -1.91. The van der Waals surface area contributed by atoms with Crippen LogP contribution in [-0.2, 0) is 0 Å². The van der Waals surface area contributed by atoms with Crippen LogP contribution in [-0.4, -0.2) is 9.91 Å². The van der Waals surface area contributed by atoms with Gasteiger partial charge in [-0.1, -0.05) is 0 Å². The molecule has 0 spiro atoms. The van der Waals surface area contributed by atoms with Crippen LogP contribution >= 0.6 is 0 Å². The molecule has 0 fully saturated rings. The molecule has 1 aromatic rings. The average Bonchev–Trinajstić information content (AvgIpc) is 2.05. The van der Waals surface area contributed by atoms with E-state index in [1.807, 2.05) is 0 Å². The van der Waals surface area contributed by atoms with Gasteiger partial charge in [-0.2, -0.15) is 0 Å². The molecule has 0 saturated heterocycles. The Bertz CT molecular complexity index is 257. The number of nitro groups is 1. The van der Waals surface area contributed by atoms with Gasteiger partial charge in [-0.25, -0.2) is 4.98 Å². The maximum atomic E-state index is 10.1. The molecule has 1 rings (SSSR count). The summed E-state index contributed by atoms with van der Waals surface area (Å²) in [6.07, 6.45) is 1.13. The number of nitrogens with zero attached hydrogens (tertiary/aromatic N) is 2. The van der Waals surface area contributed by atoms with Crippen LogP contribution in [0.25, 0.3) is 0 Å². The highest BCUT2D eigenvalue weighted by molar-refractivity contribution is 5.39. The molecule has 56 valence electrons. The fraction of sp³-hybridized carbons (Fsp3) is 0. The normalized spacial score (nSPS) is 9.18. The molecule has 0 amide bonds. The van der Waals surface area contributed by atoms with Crippen LogP contribution in [0.5, 0.6) is 0 Å². The Hall–Kier alpha value is -1.65. The van der Waals surface area contributed by atoms with Crippen molar-refractivity contribution in [2.24, 2.45) is 0 Å². The van der Waals surface area contributed by atoms with Gasteiger partial charge in [0.1, 0.15) is 12.0 Å². The molecule has 0 bridgehead atoms. The SMILES string of the molecule is [CH]Nc1ccc([N+](=O)[O-])cn1. The first-order valence-electron chi connectivity index (χ1n) is 2.81. The maximum absolute atomic E-state index is 10.1. The third kappa shape index (κ3) is 1.64. The van der Waals surface area contributed by atoms with Crippen molar-refractivity contribution in [2.75, 3.05) is 5.32 Å². The van der Waals surface area contributed by atoms with Gasteiger partial charge in [-0.05, 0) is 6.07 Å². The van der Waals surface area contributed by atoms with E-state index in [0.717, 1.165) is 6.20 Å². The van der Waals surface area contributed by atoms with E-state index >= 15 is 0 Å². The number of anilines is 1. The van der Waals surface area contributed by atoms with E-state index in [0.29, 0.717) is 5.82 Å². The van der Waals surface area contributed by atoms with E-state index in [2.05, 4.69) is 10.3 Å². The van der Waals surface area contributed by atoms with Gasteiger partial charge in [0, 0.05) is 6.07 Å². The second-order valence-electron chi connectivity index (χ2n) is 1.80. The zero-order chi connectivity index (χ0) is 8.27. The number of rotatable bonds is 2. The highest BCUT2D eigenvalue weighted by Gasteiger charge is 2.03. The molecule has 5 heteroatoms. The van der Waals surface area contributed by atoms with Gasteiger partial charge in [0.05, 0.1) is 12.0 Å². The molecule has 0 aliphatic heterocycles. The Kier molecular flexibility index (Phi) is 2.00. The van der Waals surface area contributed by atoms with Gasteiger partial charge in [0.25, 0.3) is 5.69 Å². The molecule has 0 saturated carbocycles. The van der Waals surface area contributed by atoms with Crippen LogP contribution in [0.2, 0.25) is 0 Å². The minimum atomic E-state index is -0.521. The van der Waals surface area contributed by atoms with Gasteiger partial charge >= 0.3 is 0 Å². The van der Waals surface area contributed by atoms with E-state index < -0.39 is 4.92 Å². The smallest absolute Gasteiger partial charge is 0.287 e. The van der Waals surface area contributed by atoms with Crippen molar-refractivity contribution in [1.29, 1.82) is 0 Å². The summed E-state index contributed by atoms with van der Waals surface area (Å²) >= 11 is 0. The van der Waals surface area contributed by atoms with Gasteiger partial charge in [-0.15, -0.1) is 0 Å². The standard InChI is InChI=1S/C6H5N3O2/c1-7-6-3-2-5(4-8-6)9(10)11/h1-4H,(H,7,8). The summed E-state index contributed by atoms with van der Waals surface area (Å²) in [5, 5.41) is 12.4. The van der Waals surface area contributed by atoms with E-state index in [1.165, 1.54) is 12.1 Å². The lowest BCUT2D eigenvalue weighted by atomic mass is 10.4. The Balaban J connectivity index is 2.91. The summed E-state index contributed by atoms with van der Waals surface area (Å²) in [6, 6.07) is 2.75. The molecule has 1 N–H and O–H groups in total. The predicted octanol–water partition coefficient (Wildman–Crippen LogP) is 1.07. The molecular weight excluding hydrogens is 146 g/mol. The lowest BCUT2D eigenvalue weighted by molar-refractivity contribution is -0.385. The highest BCUT2D eigenvalue weighted by atomic mass is 16.6. The predicted molar refractivity (Wildman–Crippen MR) is 38.8 cm³/mol. The maximum Gasteiger partial charge on any atom is 0.287 e. The van der Waals surface area contributed by atoms with Crippen LogP contribution in [0.15, 0.2) is 18.3 Å². The average molecular weight is 151 g/mol. The summed E-state index contributed by atoms with van der Waals surface area (Å²) in [5.74, 6) is 0.399. The van der Waals surface area contributed by atoms with Gasteiger partial charge in [0.15, 0.2) is 0 Å². The van der Waals surface area contributed by atoms with Crippen molar-refractivity contribution >= 4 is 11.5 Å². The quantitative estimate of drug-likeness (QED) is 0.390. The number of nitrogens with one attached hydrogen (secondary N) is 1. The van der Waals surface area contributed by atoms with Gasteiger partial charge < -0.3 is 5.32 Å². The second-order valence-corrected chi connectivity index (χ2v) is 1.80. The van der Waals surface area contributed by atoms with Crippen LogP contribution in [0.1, 0.15) is 0 Å². The first-order chi connectivity index (χ1) is 5.24. The number of aromatic nitrogens is 1. The minimum absolute atomic E-state index is 0.0519. The Morgan fingerprint density at radius 3 is 2.73 bits per heavy atom. The monoisotopic (exact) mass is 151 g/mol. The van der Waals surface area contributed by atoms with E-state index in [1.54, 1.807) is 0 Å². The largest absolute Gasteiger partial charge is 0.363 e. The van der Waals surface area contributed by atoms with Crippen molar-refractivity contribution < 1.29 is 4.92 Å². The molecule has 11 heavy (non-hydrogen) atoms. The first kappa shape index (κ1) is 7.46. The molecular formula is C6H5N3O2. The van der Waals surface area contributed by atoms with Gasteiger partial charge in [0.2, 0.25) is 0 Å². The summed E-state index contributed by atoms with van der Waals surface area (Å²) in [6.45, 7) is 0. The first-order valence-corrected chi connectivity index (χ1v) is 2.81. The van der Waals surface area contributed by atoms with Crippen LogP contribution < -0.4 is 5.32 Å². The molecule has 2 radical (unpaired) electrons. The highest BCUT2D eigenvalue weighted by Crippen LogP contribution is 2.10. The molecule has 0 unspecified atom stereocenters.